The van der Waals surface area contributed by atoms with Crippen LogP contribution in [0.15, 0.2) is 18.2 Å². The first-order valence-corrected chi connectivity index (χ1v) is 11.0. The quantitative estimate of drug-likeness (QED) is 0.596. The van der Waals surface area contributed by atoms with Crippen molar-refractivity contribution >= 4 is 33.2 Å². The summed E-state index contributed by atoms with van der Waals surface area (Å²) in [6.07, 6.45) is 0.592. The van der Waals surface area contributed by atoms with Crippen LogP contribution >= 0.6 is 11.3 Å². The van der Waals surface area contributed by atoms with Gasteiger partial charge in [0.05, 0.1) is 26.0 Å². The summed E-state index contributed by atoms with van der Waals surface area (Å²) in [5.74, 6) is 0.843. The molecule has 7 nitrogen and oxygen atoms in total. The third kappa shape index (κ3) is 3.70. The molecule has 31 heavy (non-hydrogen) atoms. The summed E-state index contributed by atoms with van der Waals surface area (Å²) in [6, 6.07) is 5.79. The lowest BCUT2D eigenvalue weighted by Crippen LogP contribution is -2.28. The topological polar surface area (TPSA) is 86.9 Å². The second-order valence-corrected chi connectivity index (χ2v) is 8.92. The molecule has 1 aliphatic rings. The van der Waals surface area contributed by atoms with E-state index in [4.69, 9.17) is 24.9 Å². The van der Waals surface area contributed by atoms with Gasteiger partial charge in [-0.3, -0.25) is 0 Å². The summed E-state index contributed by atoms with van der Waals surface area (Å²) in [7, 11) is 5.33. The summed E-state index contributed by atoms with van der Waals surface area (Å²) < 4.78 is 16.7. The number of benzene rings is 1. The van der Waals surface area contributed by atoms with Crippen molar-refractivity contribution in [2.45, 2.75) is 32.9 Å². The smallest absolute Gasteiger partial charge is 0.350 e. The molecule has 0 atom stereocenters. The highest BCUT2D eigenvalue weighted by Crippen LogP contribution is 2.48. The molecule has 1 aromatic carbocycles. The minimum atomic E-state index is -0.422. The van der Waals surface area contributed by atoms with Gasteiger partial charge in [0.25, 0.3) is 0 Å². The highest BCUT2D eigenvalue weighted by Gasteiger charge is 2.29. The van der Waals surface area contributed by atoms with Crippen molar-refractivity contribution in [2.24, 2.45) is 0 Å². The molecule has 0 bridgehead atoms. The molecule has 3 aromatic rings. The molecule has 2 N–H and O–H groups in total. The first-order valence-electron chi connectivity index (χ1n) is 10.2. The van der Waals surface area contributed by atoms with E-state index in [0.29, 0.717) is 22.1 Å². The monoisotopic (exact) mass is 441 g/mol. The highest BCUT2D eigenvalue weighted by atomic mass is 32.1. The Balaban J connectivity index is 2.06. The number of esters is 1. The van der Waals surface area contributed by atoms with Crippen LogP contribution in [0.25, 0.3) is 21.3 Å². The minimum Gasteiger partial charge on any atom is -0.493 e. The number of nitrogens with two attached hydrogens (primary N) is 1. The van der Waals surface area contributed by atoms with E-state index < -0.39 is 5.97 Å². The zero-order valence-electron chi connectivity index (χ0n) is 18.4. The van der Waals surface area contributed by atoms with E-state index in [1.54, 1.807) is 14.2 Å². The Kier molecular flexibility index (Phi) is 5.77. The fourth-order valence-corrected chi connectivity index (χ4v) is 5.07. The van der Waals surface area contributed by atoms with Crippen molar-refractivity contribution < 1.29 is 19.0 Å². The number of carbonyl (C=O) groups is 1. The number of ether oxygens (including phenoxy) is 3. The number of hydrogen-bond donors (Lipinski definition) is 1. The molecule has 0 saturated heterocycles. The van der Waals surface area contributed by atoms with E-state index in [0.717, 1.165) is 52.1 Å². The molecule has 8 heteroatoms. The summed E-state index contributed by atoms with van der Waals surface area (Å²) in [5, 5.41) is 0.765. The van der Waals surface area contributed by atoms with E-state index >= 15 is 0 Å². The number of rotatable bonds is 5. The van der Waals surface area contributed by atoms with Crippen LogP contribution in [0.4, 0.5) is 5.69 Å². The molecule has 164 valence electrons. The van der Waals surface area contributed by atoms with Crippen LogP contribution in [-0.4, -0.2) is 49.8 Å². The van der Waals surface area contributed by atoms with Gasteiger partial charge in [0.1, 0.15) is 9.71 Å². The number of fused-ring (bicyclic) bond motifs is 2. The van der Waals surface area contributed by atoms with Crippen molar-refractivity contribution in [2.75, 3.05) is 33.5 Å². The Morgan fingerprint density at radius 1 is 1.26 bits per heavy atom. The lowest BCUT2D eigenvalue weighted by Gasteiger charge is -2.27. The molecule has 0 aliphatic carbocycles. The van der Waals surface area contributed by atoms with Crippen LogP contribution in [-0.2, 0) is 17.7 Å². The molecule has 0 spiro atoms. The SMILES string of the molecule is COc1cccc(-c2c3c(nc4sc(C(=O)OC(C)C)c(N)c24)CCN(C)C3)c1OC. The number of thiophene rings is 1. The van der Waals surface area contributed by atoms with Gasteiger partial charge in [-0.15, -0.1) is 11.3 Å². The highest BCUT2D eigenvalue weighted by molar-refractivity contribution is 7.21. The third-order valence-electron chi connectivity index (χ3n) is 5.42. The van der Waals surface area contributed by atoms with Crippen molar-refractivity contribution in [3.05, 3.63) is 34.3 Å². The Morgan fingerprint density at radius 3 is 2.71 bits per heavy atom. The summed E-state index contributed by atoms with van der Waals surface area (Å²) in [4.78, 5) is 21.0. The fourth-order valence-electron chi connectivity index (χ4n) is 4.06. The molecule has 1 aliphatic heterocycles. The minimum absolute atomic E-state index is 0.232. The second kappa shape index (κ2) is 8.36. The van der Waals surface area contributed by atoms with Gasteiger partial charge in [0.2, 0.25) is 0 Å². The fraction of sp³-hybridized carbons (Fsp3) is 0.391. The molecule has 0 unspecified atom stereocenters. The normalized spacial score (nSPS) is 14.0. The summed E-state index contributed by atoms with van der Waals surface area (Å²) in [5.41, 5.74) is 10.9. The Bertz CT molecular complexity index is 1160. The van der Waals surface area contributed by atoms with Gasteiger partial charge in [-0.05, 0) is 32.5 Å². The van der Waals surface area contributed by atoms with Gasteiger partial charge in [-0.25, -0.2) is 9.78 Å². The van der Waals surface area contributed by atoms with Crippen LogP contribution in [0.1, 0.15) is 34.8 Å². The van der Waals surface area contributed by atoms with Crippen LogP contribution in [0.3, 0.4) is 0 Å². The number of likely N-dealkylation sites (N-methyl/N-ethyl adjacent to an activating group) is 1. The largest absolute Gasteiger partial charge is 0.493 e. The van der Waals surface area contributed by atoms with E-state index in [2.05, 4.69) is 11.9 Å². The number of para-hydroxylation sites is 1. The zero-order chi connectivity index (χ0) is 22.3. The number of nitrogen functional groups attached to an aromatic ring is 1. The summed E-state index contributed by atoms with van der Waals surface area (Å²) >= 11 is 1.28. The number of anilines is 1. The second-order valence-electron chi connectivity index (χ2n) is 7.92. The van der Waals surface area contributed by atoms with E-state index in [9.17, 15) is 4.79 Å². The van der Waals surface area contributed by atoms with Gasteiger partial charge in [0, 0.05) is 41.7 Å². The lowest BCUT2D eigenvalue weighted by atomic mass is 9.91. The summed E-state index contributed by atoms with van der Waals surface area (Å²) in [6.45, 7) is 5.29. The first kappa shape index (κ1) is 21.4. The van der Waals surface area contributed by atoms with Gasteiger partial charge < -0.3 is 24.8 Å². The van der Waals surface area contributed by atoms with Crippen molar-refractivity contribution in [3.63, 3.8) is 0 Å². The number of methoxy groups -OCH3 is 2. The van der Waals surface area contributed by atoms with Crippen molar-refractivity contribution in [1.82, 2.24) is 9.88 Å². The van der Waals surface area contributed by atoms with Crippen LogP contribution in [0.5, 0.6) is 11.5 Å². The first-order chi connectivity index (χ1) is 14.8. The number of aromatic nitrogens is 1. The molecule has 0 fully saturated rings. The Hall–Kier alpha value is -2.84. The van der Waals surface area contributed by atoms with Crippen LogP contribution in [0.2, 0.25) is 0 Å². The maximum absolute atomic E-state index is 12.7. The molecular weight excluding hydrogens is 414 g/mol. The van der Waals surface area contributed by atoms with Crippen molar-refractivity contribution in [1.29, 1.82) is 0 Å². The van der Waals surface area contributed by atoms with Crippen LogP contribution in [0, 0.1) is 0 Å². The number of pyridine rings is 1. The predicted octanol–water partition coefficient (Wildman–Crippen LogP) is 4.12. The maximum atomic E-state index is 12.7. The third-order valence-corrected chi connectivity index (χ3v) is 6.50. The van der Waals surface area contributed by atoms with E-state index in [-0.39, 0.29) is 6.10 Å². The van der Waals surface area contributed by atoms with E-state index in [1.807, 2.05) is 32.0 Å². The number of nitrogens with zero attached hydrogens (tertiary/aromatic N) is 2. The lowest BCUT2D eigenvalue weighted by molar-refractivity contribution is 0.0385. The Labute approximate surface area is 185 Å². The standard InChI is InChI=1S/C23H27N3O4S/c1-12(2)30-23(27)21-19(24)18-17(13-7-6-8-16(28-4)20(13)29-5)14-11-26(3)10-9-15(14)25-22(18)31-21/h6-8,12H,9-11,24H2,1-5H3. The van der Waals surface area contributed by atoms with E-state index in [1.165, 1.54) is 11.3 Å². The molecule has 2 aromatic heterocycles. The average Bonchev–Trinajstić information content (AvgIpc) is 3.07. The number of carbonyl (C=O) groups excluding carboxylic acids is 1. The molecular formula is C23H27N3O4S. The molecule has 3 heterocycles. The molecule has 0 saturated carbocycles. The maximum Gasteiger partial charge on any atom is 0.350 e. The van der Waals surface area contributed by atoms with Gasteiger partial charge in [-0.2, -0.15) is 0 Å². The van der Waals surface area contributed by atoms with Gasteiger partial charge >= 0.3 is 5.97 Å². The van der Waals surface area contributed by atoms with Crippen molar-refractivity contribution in [3.8, 4) is 22.6 Å². The predicted molar refractivity (Wildman–Crippen MR) is 123 cm³/mol. The van der Waals surface area contributed by atoms with Gasteiger partial charge in [0.15, 0.2) is 11.5 Å². The average molecular weight is 442 g/mol. The molecule has 4 rings (SSSR count). The molecule has 0 amide bonds. The molecule has 0 radical (unpaired) electrons. The zero-order valence-corrected chi connectivity index (χ0v) is 19.3. The Morgan fingerprint density at radius 2 is 2.03 bits per heavy atom. The van der Waals surface area contributed by atoms with Crippen LogP contribution < -0.4 is 15.2 Å². The number of hydrogen-bond acceptors (Lipinski definition) is 8. The van der Waals surface area contributed by atoms with Gasteiger partial charge in [-0.1, -0.05) is 12.1 Å².